The number of hydrogen-bond acceptors (Lipinski definition) is 3. The van der Waals surface area contributed by atoms with Gasteiger partial charge in [-0.25, -0.2) is 13.2 Å². The fraction of sp³-hybridized carbons (Fsp3) is 0.133. The number of carbonyl (C=O) groups is 1. The van der Waals surface area contributed by atoms with Crippen molar-refractivity contribution in [3.63, 3.8) is 0 Å². The molecule has 5 nitrogen and oxygen atoms in total. The number of hydrogen-bond donors (Lipinski definition) is 1. The van der Waals surface area contributed by atoms with Crippen molar-refractivity contribution in [2.45, 2.75) is 11.8 Å². The van der Waals surface area contributed by atoms with E-state index in [-0.39, 0.29) is 22.7 Å². The van der Waals surface area contributed by atoms with Crippen LogP contribution in [0.4, 0.5) is 5.69 Å². The first kappa shape index (κ1) is 16.8. The SMILES string of the molecule is CCN(c1ccccc1C(=O)O)S(=O)(=O)c1ccc(I)cc1. The highest BCUT2D eigenvalue weighted by Gasteiger charge is 2.26. The Morgan fingerprint density at radius 1 is 1.14 bits per heavy atom. The average Bonchev–Trinajstić information content (AvgIpc) is 2.48. The maximum Gasteiger partial charge on any atom is 0.337 e. The number of halogens is 1. The molecular weight excluding hydrogens is 417 g/mol. The number of rotatable bonds is 5. The van der Waals surface area contributed by atoms with Crippen molar-refractivity contribution in [3.8, 4) is 0 Å². The third kappa shape index (κ3) is 3.25. The molecule has 0 saturated heterocycles. The molecule has 0 fully saturated rings. The van der Waals surface area contributed by atoms with Gasteiger partial charge in [0.2, 0.25) is 0 Å². The second kappa shape index (κ2) is 6.66. The highest BCUT2D eigenvalue weighted by molar-refractivity contribution is 14.1. The van der Waals surface area contributed by atoms with Crippen LogP contribution < -0.4 is 4.31 Å². The Labute approximate surface area is 142 Å². The van der Waals surface area contributed by atoms with Crippen molar-refractivity contribution >= 4 is 44.3 Å². The molecule has 0 spiro atoms. The first-order valence-electron chi connectivity index (χ1n) is 6.48. The maximum atomic E-state index is 12.8. The summed E-state index contributed by atoms with van der Waals surface area (Å²) in [5.74, 6) is -1.16. The van der Waals surface area contributed by atoms with Crippen molar-refractivity contribution in [2.75, 3.05) is 10.8 Å². The number of sulfonamides is 1. The number of carboxylic acids is 1. The summed E-state index contributed by atoms with van der Waals surface area (Å²) in [6.07, 6.45) is 0. The van der Waals surface area contributed by atoms with Gasteiger partial charge in [-0.05, 0) is 65.9 Å². The quantitative estimate of drug-likeness (QED) is 0.738. The minimum absolute atomic E-state index is 0.0431. The van der Waals surface area contributed by atoms with Crippen molar-refractivity contribution in [2.24, 2.45) is 0 Å². The van der Waals surface area contributed by atoms with Gasteiger partial charge in [0.05, 0.1) is 16.1 Å². The standard InChI is InChI=1S/C15H14INO4S/c1-2-17(14-6-4-3-5-13(14)15(18)19)22(20,21)12-9-7-11(16)8-10-12/h3-10H,2H2,1H3,(H,18,19). The minimum Gasteiger partial charge on any atom is -0.478 e. The summed E-state index contributed by atoms with van der Waals surface area (Å²) in [5.41, 5.74) is 0.120. The number of anilines is 1. The lowest BCUT2D eigenvalue weighted by Crippen LogP contribution is -2.32. The Balaban J connectivity index is 2.57. The summed E-state index contributed by atoms with van der Waals surface area (Å²) in [4.78, 5) is 11.5. The Kier molecular flexibility index (Phi) is 5.07. The number of aromatic carboxylic acids is 1. The number of para-hydroxylation sites is 1. The van der Waals surface area contributed by atoms with Gasteiger partial charge in [0.15, 0.2) is 0 Å². The van der Waals surface area contributed by atoms with E-state index in [0.717, 1.165) is 7.88 Å². The largest absolute Gasteiger partial charge is 0.478 e. The molecule has 0 aromatic heterocycles. The molecular formula is C15H14INO4S. The zero-order valence-electron chi connectivity index (χ0n) is 11.7. The van der Waals surface area contributed by atoms with Gasteiger partial charge < -0.3 is 5.11 Å². The van der Waals surface area contributed by atoms with Gasteiger partial charge in [-0.3, -0.25) is 4.31 Å². The summed E-state index contributed by atoms with van der Waals surface area (Å²) in [6.45, 7) is 1.81. The van der Waals surface area contributed by atoms with Crippen LogP contribution >= 0.6 is 22.6 Å². The predicted octanol–water partition coefficient (Wildman–Crippen LogP) is 3.20. The van der Waals surface area contributed by atoms with Crippen LogP contribution in [0, 0.1) is 3.57 Å². The van der Waals surface area contributed by atoms with Crippen LogP contribution in [-0.4, -0.2) is 26.0 Å². The van der Waals surface area contributed by atoms with Gasteiger partial charge in [-0.2, -0.15) is 0 Å². The Hall–Kier alpha value is -1.61. The molecule has 7 heteroatoms. The van der Waals surface area contributed by atoms with Gasteiger partial charge >= 0.3 is 5.97 Å². The Bertz CT molecular complexity index is 787. The van der Waals surface area contributed by atoms with Crippen LogP contribution in [0.5, 0.6) is 0 Å². The van der Waals surface area contributed by atoms with Crippen molar-refractivity contribution < 1.29 is 18.3 Å². The molecule has 0 saturated carbocycles. The van der Waals surface area contributed by atoms with Crippen molar-refractivity contribution in [1.29, 1.82) is 0 Å². The molecule has 0 aliphatic heterocycles. The van der Waals surface area contributed by atoms with Gasteiger partial charge in [0, 0.05) is 10.1 Å². The van der Waals surface area contributed by atoms with Crippen LogP contribution in [0.2, 0.25) is 0 Å². The number of carboxylic acid groups (broad SMARTS) is 1. The average molecular weight is 431 g/mol. The molecule has 0 atom stereocenters. The molecule has 2 aromatic carbocycles. The van der Waals surface area contributed by atoms with Gasteiger partial charge in [-0.15, -0.1) is 0 Å². The first-order valence-corrected chi connectivity index (χ1v) is 9.00. The lowest BCUT2D eigenvalue weighted by molar-refractivity contribution is 0.0698. The van der Waals surface area contributed by atoms with Crippen LogP contribution in [0.3, 0.4) is 0 Å². The third-order valence-corrected chi connectivity index (χ3v) is 5.71. The van der Waals surface area contributed by atoms with Gasteiger partial charge in [0.25, 0.3) is 10.0 Å². The summed E-state index contributed by atoms with van der Waals surface area (Å²) in [6, 6.07) is 12.5. The molecule has 0 aliphatic rings. The molecule has 1 N–H and O–H groups in total. The van der Waals surface area contributed by atoms with E-state index in [9.17, 15) is 18.3 Å². The number of benzene rings is 2. The molecule has 116 valence electrons. The normalized spacial score (nSPS) is 11.2. The molecule has 0 bridgehead atoms. The molecule has 0 amide bonds. The van der Waals surface area contributed by atoms with Crippen molar-refractivity contribution in [1.82, 2.24) is 0 Å². The van der Waals surface area contributed by atoms with E-state index in [2.05, 4.69) is 22.6 Å². The Morgan fingerprint density at radius 3 is 2.27 bits per heavy atom. The molecule has 22 heavy (non-hydrogen) atoms. The summed E-state index contributed by atoms with van der Waals surface area (Å²) >= 11 is 2.09. The van der Waals surface area contributed by atoms with Crippen LogP contribution in [0.15, 0.2) is 53.4 Å². The monoisotopic (exact) mass is 431 g/mol. The zero-order valence-corrected chi connectivity index (χ0v) is 14.7. The smallest absolute Gasteiger partial charge is 0.337 e. The lowest BCUT2D eigenvalue weighted by atomic mass is 10.2. The zero-order chi connectivity index (χ0) is 16.3. The van der Waals surface area contributed by atoms with E-state index in [4.69, 9.17) is 0 Å². The van der Waals surface area contributed by atoms with Gasteiger partial charge in [0.1, 0.15) is 0 Å². The highest BCUT2D eigenvalue weighted by atomic mass is 127. The number of nitrogens with zero attached hydrogens (tertiary/aromatic N) is 1. The summed E-state index contributed by atoms with van der Waals surface area (Å²) < 4.78 is 27.6. The highest BCUT2D eigenvalue weighted by Crippen LogP contribution is 2.27. The van der Waals surface area contributed by atoms with Crippen molar-refractivity contribution in [3.05, 3.63) is 57.7 Å². The fourth-order valence-corrected chi connectivity index (χ4v) is 3.93. The first-order chi connectivity index (χ1) is 10.4. The van der Waals surface area contributed by atoms with E-state index in [1.54, 1.807) is 31.2 Å². The summed E-state index contributed by atoms with van der Waals surface area (Å²) in [7, 11) is -3.81. The predicted molar refractivity (Wildman–Crippen MR) is 92.8 cm³/mol. The molecule has 0 heterocycles. The summed E-state index contributed by atoms with van der Waals surface area (Å²) in [5, 5.41) is 9.26. The fourth-order valence-electron chi connectivity index (χ4n) is 2.08. The van der Waals surface area contributed by atoms with Crippen LogP contribution in [0.25, 0.3) is 0 Å². The molecule has 2 aromatic rings. The molecule has 0 radical (unpaired) electrons. The molecule has 0 unspecified atom stereocenters. The van der Waals surface area contributed by atoms with Crippen LogP contribution in [0.1, 0.15) is 17.3 Å². The van der Waals surface area contributed by atoms with E-state index in [1.807, 2.05) is 0 Å². The molecule has 2 rings (SSSR count). The minimum atomic E-state index is -3.81. The third-order valence-electron chi connectivity index (χ3n) is 3.09. The topological polar surface area (TPSA) is 74.7 Å². The maximum absolute atomic E-state index is 12.8. The lowest BCUT2D eigenvalue weighted by Gasteiger charge is -2.24. The second-order valence-corrected chi connectivity index (χ2v) is 7.55. The van der Waals surface area contributed by atoms with E-state index >= 15 is 0 Å². The second-order valence-electron chi connectivity index (χ2n) is 4.45. The van der Waals surface area contributed by atoms with Gasteiger partial charge in [-0.1, -0.05) is 12.1 Å². The Morgan fingerprint density at radius 2 is 1.73 bits per heavy atom. The van der Waals surface area contributed by atoms with Crippen LogP contribution in [-0.2, 0) is 10.0 Å². The van der Waals surface area contributed by atoms with E-state index < -0.39 is 16.0 Å². The van der Waals surface area contributed by atoms with E-state index in [1.165, 1.54) is 24.3 Å². The molecule has 0 aliphatic carbocycles. The van der Waals surface area contributed by atoms with E-state index in [0.29, 0.717) is 0 Å².